The fourth-order valence-corrected chi connectivity index (χ4v) is 3.00. The Labute approximate surface area is 139 Å². The Balaban J connectivity index is 1.62. The zero-order valence-corrected chi connectivity index (χ0v) is 13.2. The summed E-state index contributed by atoms with van der Waals surface area (Å²) in [4.78, 5) is 21.8. The second-order valence-corrected chi connectivity index (χ2v) is 6.26. The van der Waals surface area contributed by atoms with Crippen LogP contribution in [0.25, 0.3) is 10.9 Å². The van der Waals surface area contributed by atoms with E-state index in [-0.39, 0.29) is 11.4 Å². The van der Waals surface area contributed by atoms with Crippen LogP contribution in [0.5, 0.6) is 0 Å². The zero-order chi connectivity index (χ0) is 16.5. The van der Waals surface area contributed by atoms with Gasteiger partial charge in [-0.3, -0.25) is 9.69 Å². The van der Waals surface area contributed by atoms with Gasteiger partial charge in [0.25, 0.3) is 5.56 Å². The lowest BCUT2D eigenvalue weighted by molar-refractivity contribution is 0.236. The summed E-state index contributed by atoms with van der Waals surface area (Å²) in [6, 6.07) is 14.6. The maximum Gasteiger partial charge on any atom is 0.258 e. The molecule has 1 aliphatic rings. The van der Waals surface area contributed by atoms with Crippen molar-refractivity contribution in [3.63, 3.8) is 0 Å². The third-order valence-corrected chi connectivity index (χ3v) is 4.41. The van der Waals surface area contributed by atoms with Gasteiger partial charge in [-0.25, -0.2) is 9.37 Å². The molecule has 1 N–H and O–H groups in total. The molecule has 0 bridgehead atoms. The number of hydrogen-bond acceptors (Lipinski definition) is 3. The third kappa shape index (κ3) is 3.08. The Morgan fingerprint density at radius 3 is 2.62 bits per heavy atom. The smallest absolute Gasteiger partial charge is 0.258 e. The van der Waals surface area contributed by atoms with Gasteiger partial charge in [-0.2, -0.15) is 0 Å². The predicted molar refractivity (Wildman–Crippen MR) is 91.0 cm³/mol. The zero-order valence-electron chi connectivity index (χ0n) is 13.2. The Bertz CT molecular complexity index is 933. The Morgan fingerprint density at radius 2 is 1.83 bits per heavy atom. The SMILES string of the molecule is O=c1[nH]c(CN(Cc2ccccc2F)C2CC2)nc2ccccc12. The first-order valence-electron chi connectivity index (χ1n) is 8.16. The molecular weight excluding hydrogens is 305 g/mol. The topological polar surface area (TPSA) is 49.0 Å². The van der Waals surface area contributed by atoms with Crippen molar-refractivity contribution in [3.05, 3.63) is 76.1 Å². The molecule has 3 aromatic rings. The number of rotatable bonds is 5. The van der Waals surface area contributed by atoms with Crippen molar-refractivity contribution in [2.75, 3.05) is 0 Å². The molecule has 0 aliphatic heterocycles. The highest BCUT2D eigenvalue weighted by Gasteiger charge is 2.30. The molecule has 2 aromatic carbocycles. The summed E-state index contributed by atoms with van der Waals surface area (Å²) in [5, 5.41) is 0.591. The molecule has 0 unspecified atom stereocenters. The van der Waals surface area contributed by atoms with Crippen molar-refractivity contribution in [2.24, 2.45) is 0 Å². The van der Waals surface area contributed by atoms with E-state index in [2.05, 4.69) is 14.9 Å². The standard InChI is InChI=1S/C19H18FN3O/c20-16-7-3-1-5-13(16)11-23(14-9-10-14)12-18-21-17-8-4-2-6-15(17)19(24)22-18/h1-8,14H,9-12H2,(H,21,22,24). The summed E-state index contributed by atoms with van der Waals surface area (Å²) in [6.07, 6.45) is 2.21. The van der Waals surface area contributed by atoms with E-state index in [0.717, 1.165) is 12.8 Å². The minimum Gasteiger partial charge on any atom is -0.309 e. The van der Waals surface area contributed by atoms with E-state index in [1.54, 1.807) is 18.2 Å². The summed E-state index contributed by atoms with van der Waals surface area (Å²) >= 11 is 0. The summed E-state index contributed by atoms with van der Waals surface area (Å²) in [5.41, 5.74) is 1.24. The lowest BCUT2D eigenvalue weighted by Gasteiger charge is -2.21. The lowest BCUT2D eigenvalue weighted by Crippen LogP contribution is -2.28. The van der Waals surface area contributed by atoms with E-state index in [1.165, 1.54) is 6.07 Å². The van der Waals surface area contributed by atoms with Gasteiger partial charge in [0.15, 0.2) is 0 Å². The van der Waals surface area contributed by atoms with Crippen molar-refractivity contribution in [1.29, 1.82) is 0 Å². The van der Waals surface area contributed by atoms with Gasteiger partial charge in [0.05, 0.1) is 17.4 Å². The fourth-order valence-electron chi connectivity index (χ4n) is 3.00. The van der Waals surface area contributed by atoms with Crippen LogP contribution in [0.2, 0.25) is 0 Å². The van der Waals surface area contributed by atoms with Crippen LogP contribution in [-0.4, -0.2) is 20.9 Å². The Kier molecular flexibility index (Phi) is 3.86. The predicted octanol–water partition coefficient (Wildman–Crippen LogP) is 3.23. The van der Waals surface area contributed by atoms with Crippen molar-refractivity contribution >= 4 is 10.9 Å². The van der Waals surface area contributed by atoms with Crippen molar-refractivity contribution in [2.45, 2.75) is 32.0 Å². The van der Waals surface area contributed by atoms with Gasteiger partial charge in [0.1, 0.15) is 11.6 Å². The molecule has 0 radical (unpaired) electrons. The van der Waals surface area contributed by atoms with E-state index >= 15 is 0 Å². The Morgan fingerprint density at radius 1 is 1.08 bits per heavy atom. The van der Waals surface area contributed by atoms with Gasteiger partial charge in [0.2, 0.25) is 0 Å². The summed E-state index contributed by atoms with van der Waals surface area (Å²) < 4.78 is 13.9. The van der Waals surface area contributed by atoms with Crippen LogP contribution in [0.1, 0.15) is 24.2 Å². The molecule has 1 aromatic heterocycles. The number of H-pyrrole nitrogens is 1. The van der Waals surface area contributed by atoms with Gasteiger partial charge in [-0.05, 0) is 31.0 Å². The number of aromatic amines is 1. The van der Waals surface area contributed by atoms with Crippen molar-refractivity contribution in [3.8, 4) is 0 Å². The van der Waals surface area contributed by atoms with E-state index < -0.39 is 0 Å². The average Bonchev–Trinajstić information content (AvgIpc) is 3.41. The molecule has 1 saturated carbocycles. The molecule has 1 heterocycles. The normalized spacial score (nSPS) is 14.4. The number of fused-ring (bicyclic) bond motifs is 1. The first-order valence-corrected chi connectivity index (χ1v) is 8.16. The quantitative estimate of drug-likeness (QED) is 0.784. The second-order valence-electron chi connectivity index (χ2n) is 6.26. The van der Waals surface area contributed by atoms with Gasteiger partial charge in [-0.15, -0.1) is 0 Å². The van der Waals surface area contributed by atoms with E-state index in [1.807, 2.05) is 24.3 Å². The highest BCUT2D eigenvalue weighted by molar-refractivity contribution is 5.77. The first-order chi connectivity index (χ1) is 11.7. The van der Waals surface area contributed by atoms with E-state index in [0.29, 0.717) is 41.4 Å². The molecule has 4 rings (SSSR count). The van der Waals surface area contributed by atoms with Crippen LogP contribution in [-0.2, 0) is 13.1 Å². The molecule has 0 saturated heterocycles. The Hall–Kier alpha value is -2.53. The molecule has 0 spiro atoms. The minimum absolute atomic E-state index is 0.128. The highest BCUT2D eigenvalue weighted by atomic mass is 19.1. The molecular formula is C19H18FN3O. The molecule has 24 heavy (non-hydrogen) atoms. The summed E-state index contributed by atoms with van der Waals surface area (Å²) in [6.45, 7) is 1.03. The number of benzene rings is 2. The monoisotopic (exact) mass is 323 g/mol. The molecule has 0 amide bonds. The van der Waals surface area contributed by atoms with Crippen LogP contribution < -0.4 is 5.56 Å². The largest absolute Gasteiger partial charge is 0.309 e. The molecule has 0 atom stereocenters. The van der Waals surface area contributed by atoms with Gasteiger partial charge in [-0.1, -0.05) is 30.3 Å². The number of halogens is 1. The molecule has 122 valence electrons. The molecule has 1 fully saturated rings. The van der Waals surface area contributed by atoms with Gasteiger partial charge < -0.3 is 4.98 Å². The lowest BCUT2D eigenvalue weighted by atomic mass is 10.2. The maximum atomic E-state index is 13.9. The summed E-state index contributed by atoms with van der Waals surface area (Å²) in [5.74, 6) is 0.435. The van der Waals surface area contributed by atoms with Crippen LogP contribution in [0.4, 0.5) is 4.39 Å². The van der Waals surface area contributed by atoms with Crippen LogP contribution in [0.3, 0.4) is 0 Å². The molecule has 4 nitrogen and oxygen atoms in total. The second kappa shape index (κ2) is 6.17. The molecule has 5 heteroatoms. The number of nitrogens with zero attached hydrogens (tertiary/aromatic N) is 2. The number of para-hydroxylation sites is 1. The first kappa shape index (κ1) is 15.0. The minimum atomic E-state index is -0.192. The van der Waals surface area contributed by atoms with Crippen LogP contribution >= 0.6 is 0 Å². The van der Waals surface area contributed by atoms with Crippen molar-refractivity contribution < 1.29 is 4.39 Å². The third-order valence-electron chi connectivity index (χ3n) is 4.41. The number of nitrogens with one attached hydrogen (secondary N) is 1. The maximum absolute atomic E-state index is 13.9. The van der Waals surface area contributed by atoms with E-state index in [9.17, 15) is 9.18 Å². The van der Waals surface area contributed by atoms with Crippen LogP contribution in [0, 0.1) is 5.82 Å². The van der Waals surface area contributed by atoms with Crippen LogP contribution in [0.15, 0.2) is 53.3 Å². The number of hydrogen-bond donors (Lipinski definition) is 1. The van der Waals surface area contributed by atoms with Gasteiger partial charge >= 0.3 is 0 Å². The van der Waals surface area contributed by atoms with Gasteiger partial charge in [0, 0.05) is 18.2 Å². The van der Waals surface area contributed by atoms with E-state index in [4.69, 9.17) is 0 Å². The average molecular weight is 323 g/mol. The fraction of sp³-hybridized carbons (Fsp3) is 0.263. The highest BCUT2D eigenvalue weighted by Crippen LogP contribution is 2.29. The van der Waals surface area contributed by atoms with Crippen molar-refractivity contribution in [1.82, 2.24) is 14.9 Å². The molecule has 1 aliphatic carbocycles. The number of aromatic nitrogens is 2. The summed E-state index contributed by atoms with van der Waals surface area (Å²) in [7, 11) is 0.